The number of halogens is 3. The van der Waals surface area contributed by atoms with Crippen LogP contribution in [0.3, 0.4) is 0 Å². The molecule has 132 valence electrons. The molecule has 24 heavy (non-hydrogen) atoms. The number of aromatic nitrogens is 1. The first-order valence-electron chi connectivity index (χ1n) is 7.69. The van der Waals surface area contributed by atoms with E-state index in [1.54, 1.807) is 11.6 Å². The van der Waals surface area contributed by atoms with Crippen LogP contribution in [0.4, 0.5) is 18.3 Å². The number of allylic oxidation sites excluding steroid dienone is 2. The fraction of sp³-hybridized carbons (Fsp3) is 0.533. The number of hydrogen-bond acceptors (Lipinski definition) is 5. The van der Waals surface area contributed by atoms with Crippen LogP contribution in [0.1, 0.15) is 38.5 Å². The summed E-state index contributed by atoms with van der Waals surface area (Å²) >= 11 is 1.32. The van der Waals surface area contributed by atoms with Gasteiger partial charge in [-0.1, -0.05) is 0 Å². The molecule has 0 fully saturated rings. The van der Waals surface area contributed by atoms with Gasteiger partial charge in [-0.2, -0.15) is 13.2 Å². The van der Waals surface area contributed by atoms with Crippen LogP contribution in [0, 0.1) is 5.41 Å². The van der Waals surface area contributed by atoms with Gasteiger partial charge in [0.05, 0.1) is 0 Å². The summed E-state index contributed by atoms with van der Waals surface area (Å²) in [7, 11) is 0. The summed E-state index contributed by atoms with van der Waals surface area (Å²) in [6, 6.07) is 0. The highest BCUT2D eigenvalue weighted by Crippen LogP contribution is 2.30. The van der Waals surface area contributed by atoms with Gasteiger partial charge in [-0.25, -0.2) is 4.98 Å². The normalized spacial score (nSPS) is 15.3. The van der Waals surface area contributed by atoms with Crippen LogP contribution in [-0.2, 0) is 4.79 Å². The number of nitrogens with one attached hydrogen (secondary N) is 3. The van der Waals surface area contributed by atoms with Gasteiger partial charge in [0.15, 0.2) is 5.13 Å². The molecule has 0 spiro atoms. The average Bonchev–Trinajstić information content (AvgIpc) is 3.03. The number of hydrogen-bond donors (Lipinski definition) is 3. The maximum Gasteiger partial charge on any atom is 0.432 e. The molecule has 0 atom stereocenters. The fourth-order valence-corrected chi connectivity index (χ4v) is 3.05. The molecule has 1 aliphatic rings. The van der Waals surface area contributed by atoms with Crippen LogP contribution in [-0.4, -0.2) is 29.3 Å². The second-order valence-corrected chi connectivity index (χ2v) is 6.35. The molecule has 3 N–H and O–H groups in total. The molecule has 0 saturated carbocycles. The molecule has 0 radical (unpaired) electrons. The van der Waals surface area contributed by atoms with Gasteiger partial charge in [0.1, 0.15) is 5.71 Å². The van der Waals surface area contributed by atoms with Gasteiger partial charge < -0.3 is 10.6 Å². The summed E-state index contributed by atoms with van der Waals surface area (Å²) in [5.74, 6) is -0.173. The van der Waals surface area contributed by atoms with Gasteiger partial charge in [0.2, 0.25) is 5.91 Å². The highest BCUT2D eigenvalue weighted by Gasteiger charge is 2.38. The maximum absolute atomic E-state index is 12.7. The van der Waals surface area contributed by atoms with Crippen LogP contribution in [0.25, 0.3) is 0 Å². The zero-order valence-electron chi connectivity index (χ0n) is 13.0. The largest absolute Gasteiger partial charge is 0.432 e. The van der Waals surface area contributed by atoms with Crippen molar-refractivity contribution in [3.05, 3.63) is 22.8 Å². The molecule has 9 heteroatoms. The smallest absolute Gasteiger partial charge is 0.388 e. The van der Waals surface area contributed by atoms with Crippen molar-refractivity contribution in [3.8, 4) is 0 Å². The quantitative estimate of drug-likeness (QED) is 0.510. The maximum atomic E-state index is 12.7. The third-order valence-electron chi connectivity index (χ3n) is 3.65. The summed E-state index contributed by atoms with van der Waals surface area (Å²) in [5, 5.41) is 15.3. The van der Waals surface area contributed by atoms with E-state index in [1.165, 1.54) is 11.3 Å². The molecule has 0 bridgehead atoms. The monoisotopic (exact) mass is 360 g/mol. The third-order valence-corrected chi connectivity index (χ3v) is 4.34. The number of amides is 1. The van der Waals surface area contributed by atoms with Crippen molar-refractivity contribution in [2.75, 3.05) is 11.9 Å². The first kappa shape index (κ1) is 18.4. The fourth-order valence-electron chi connectivity index (χ4n) is 2.50. The van der Waals surface area contributed by atoms with Crippen molar-refractivity contribution in [2.24, 2.45) is 0 Å². The molecule has 0 aromatic carbocycles. The van der Waals surface area contributed by atoms with Gasteiger partial charge in [-0.15, -0.1) is 11.3 Å². The molecular formula is C15H19F3N4OS. The summed E-state index contributed by atoms with van der Waals surface area (Å²) in [4.78, 5) is 15.6. The van der Waals surface area contributed by atoms with Crippen molar-refractivity contribution in [1.29, 1.82) is 5.41 Å². The van der Waals surface area contributed by atoms with Crippen molar-refractivity contribution >= 4 is 28.1 Å². The Balaban J connectivity index is 1.82. The Morgan fingerprint density at radius 3 is 2.75 bits per heavy atom. The SMILES string of the molecule is N=C(C1=C(NCCCC(=O)Nc2nccs2)CCCC1)C(F)(F)F. The number of nitrogens with zero attached hydrogens (tertiary/aromatic N) is 1. The standard InChI is InChI=1S/C15H19F3N4OS/c16-15(17,18)13(19)10-4-1-2-5-11(10)20-7-3-6-12(23)22-14-21-8-9-24-14/h8-9,19-20H,1-7H2,(H,21,22,23). The van der Waals surface area contributed by atoms with Crippen molar-refractivity contribution in [2.45, 2.75) is 44.7 Å². The molecule has 0 unspecified atom stereocenters. The number of anilines is 1. The van der Waals surface area contributed by atoms with E-state index in [2.05, 4.69) is 15.6 Å². The summed E-state index contributed by atoms with van der Waals surface area (Å²) in [6.45, 7) is 0.398. The number of carbonyl (C=O) groups is 1. The minimum absolute atomic E-state index is 0.0565. The predicted molar refractivity (Wildman–Crippen MR) is 87.3 cm³/mol. The third kappa shape index (κ3) is 5.33. The number of rotatable bonds is 7. The molecule has 0 aliphatic heterocycles. The predicted octanol–water partition coefficient (Wildman–Crippen LogP) is 3.86. The van der Waals surface area contributed by atoms with Crippen molar-refractivity contribution < 1.29 is 18.0 Å². The van der Waals surface area contributed by atoms with Crippen molar-refractivity contribution in [1.82, 2.24) is 10.3 Å². The topological polar surface area (TPSA) is 77.9 Å². The van der Waals surface area contributed by atoms with E-state index >= 15 is 0 Å². The molecule has 0 saturated heterocycles. The lowest BCUT2D eigenvalue weighted by Gasteiger charge is -2.23. The van der Waals surface area contributed by atoms with Crippen molar-refractivity contribution in [3.63, 3.8) is 0 Å². The summed E-state index contributed by atoms with van der Waals surface area (Å²) in [6.07, 6.45) is -0.0258. The van der Waals surface area contributed by atoms with Gasteiger partial charge in [0.25, 0.3) is 0 Å². The van der Waals surface area contributed by atoms with Gasteiger partial charge >= 0.3 is 6.18 Å². The Morgan fingerprint density at radius 1 is 1.33 bits per heavy atom. The summed E-state index contributed by atoms with van der Waals surface area (Å²) < 4.78 is 38.2. The van der Waals surface area contributed by atoms with E-state index in [9.17, 15) is 18.0 Å². The second kappa shape index (κ2) is 8.27. The van der Waals surface area contributed by atoms with E-state index in [1.807, 2.05) is 0 Å². The number of carbonyl (C=O) groups excluding carboxylic acids is 1. The van der Waals surface area contributed by atoms with Gasteiger partial charge in [-0.3, -0.25) is 10.2 Å². The zero-order chi connectivity index (χ0) is 17.6. The Bertz CT molecular complexity index is 611. The van der Waals surface area contributed by atoms with Crippen LogP contribution in [0.5, 0.6) is 0 Å². The lowest BCUT2D eigenvalue weighted by molar-refractivity contribution is -0.116. The lowest BCUT2D eigenvalue weighted by atomic mass is 9.92. The molecule has 2 rings (SSSR count). The van der Waals surface area contributed by atoms with E-state index in [-0.39, 0.29) is 24.3 Å². The Kier molecular flexibility index (Phi) is 6.36. The van der Waals surface area contributed by atoms with E-state index < -0.39 is 11.9 Å². The van der Waals surface area contributed by atoms with Crippen LogP contribution in [0.15, 0.2) is 22.8 Å². The average molecular weight is 360 g/mol. The lowest BCUT2D eigenvalue weighted by Crippen LogP contribution is -2.30. The zero-order valence-corrected chi connectivity index (χ0v) is 13.8. The van der Waals surface area contributed by atoms with E-state index in [0.29, 0.717) is 36.6 Å². The minimum atomic E-state index is -4.62. The van der Waals surface area contributed by atoms with E-state index in [4.69, 9.17) is 5.41 Å². The van der Waals surface area contributed by atoms with E-state index in [0.717, 1.165) is 6.42 Å². The van der Waals surface area contributed by atoms with Crippen LogP contribution < -0.4 is 10.6 Å². The Hall–Kier alpha value is -1.90. The highest BCUT2D eigenvalue weighted by molar-refractivity contribution is 7.13. The Morgan fingerprint density at radius 2 is 2.08 bits per heavy atom. The van der Waals surface area contributed by atoms with Gasteiger partial charge in [-0.05, 0) is 32.1 Å². The molecule has 1 aliphatic carbocycles. The van der Waals surface area contributed by atoms with Crippen LogP contribution in [0.2, 0.25) is 0 Å². The highest BCUT2D eigenvalue weighted by atomic mass is 32.1. The summed E-state index contributed by atoms with van der Waals surface area (Å²) in [5.41, 5.74) is -0.712. The molecule has 1 amide bonds. The number of alkyl halides is 3. The molecular weight excluding hydrogens is 341 g/mol. The van der Waals surface area contributed by atoms with Crippen LogP contribution >= 0.6 is 11.3 Å². The first-order chi connectivity index (χ1) is 11.4. The second-order valence-electron chi connectivity index (χ2n) is 5.45. The Labute approximate surface area is 141 Å². The van der Waals surface area contributed by atoms with Gasteiger partial charge in [0, 0.05) is 35.8 Å². The molecule has 1 heterocycles. The molecule has 5 nitrogen and oxygen atoms in total. The number of thiazole rings is 1. The minimum Gasteiger partial charge on any atom is -0.388 e. The first-order valence-corrected chi connectivity index (χ1v) is 8.57. The molecule has 1 aromatic rings. The molecule has 1 aromatic heterocycles.